The molecule has 0 bridgehead atoms. The Hall–Kier alpha value is -0.120. The highest BCUT2D eigenvalue weighted by atomic mass is 16.3. The second-order valence-electron chi connectivity index (χ2n) is 1.46. The third-order valence-electron chi connectivity index (χ3n) is 0.845. The van der Waals surface area contributed by atoms with E-state index in [1.54, 1.807) is 6.92 Å². The van der Waals surface area contributed by atoms with Gasteiger partial charge in [-0.15, -0.1) is 0 Å². The Morgan fingerprint density at radius 1 is 1.86 bits per heavy atom. The molecule has 7 heavy (non-hydrogen) atoms. The van der Waals surface area contributed by atoms with Crippen molar-refractivity contribution >= 4 is 0 Å². The van der Waals surface area contributed by atoms with Gasteiger partial charge in [-0.25, -0.2) is 5.01 Å². The van der Waals surface area contributed by atoms with Gasteiger partial charge in [-0.3, -0.25) is 5.84 Å². The topological polar surface area (TPSA) is 49.5 Å². The largest absolute Gasteiger partial charge is 0.377 e. The van der Waals surface area contributed by atoms with E-state index in [4.69, 9.17) is 10.9 Å². The van der Waals surface area contributed by atoms with Crippen molar-refractivity contribution < 1.29 is 5.11 Å². The molecule has 3 nitrogen and oxygen atoms in total. The number of aliphatic hydroxyl groups is 1. The van der Waals surface area contributed by atoms with Gasteiger partial charge < -0.3 is 5.11 Å². The summed E-state index contributed by atoms with van der Waals surface area (Å²) in [5.41, 5.74) is 0. The molecule has 0 aromatic carbocycles. The van der Waals surface area contributed by atoms with Gasteiger partial charge >= 0.3 is 0 Å². The molecule has 0 saturated heterocycles. The molecule has 1 unspecified atom stereocenters. The maximum absolute atomic E-state index is 8.62. The molecule has 3 heteroatoms. The number of hydrogen-bond acceptors (Lipinski definition) is 3. The summed E-state index contributed by atoms with van der Waals surface area (Å²) in [5.74, 6) is 5.20. The number of hydrazine groups is 1. The normalized spacial score (nSPS) is 15.0. The Kier molecular flexibility index (Phi) is 2.91. The predicted octanol–water partition coefficient (Wildman–Crippen LogP) is -0.480. The number of rotatable bonds is 2. The van der Waals surface area contributed by atoms with Crippen molar-refractivity contribution in [3.63, 3.8) is 0 Å². The molecule has 0 aromatic heterocycles. The average molecular weight is 104 g/mol. The SMILES string of the molecule is CCN(N)C(C)O. The molecule has 44 valence electrons. The summed E-state index contributed by atoms with van der Waals surface area (Å²) in [6.07, 6.45) is -0.523. The molecule has 0 radical (unpaired) electrons. The van der Waals surface area contributed by atoms with Crippen LogP contribution >= 0.6 is 0 Å². The summed E-state index contributed by atoms with van der Waals surface area (Å²) in [6.45, 7) is 4.19. The van der Waals surface area contributed by atoms with Crippen LogP contribution in [-0.4, -0.2) is 22.9 Å². The van der Waals surface area contributed by atoms with E-state index >= 15 is 0 Å². The fourth-order valence-electron chi connectivity index (χ4n) is 0.264. The third kappa shape index (κ3) is 2.56. The van der Waals surface area contributed by atoms with E-state index < -0.39 is 6.23 Å². The lowest BCUT2D eigenvalue weighted by molar-refractivity contribution is 0.0221. The van der Waals surface area contributed by atoms with Gasteiger partial charge in [-0.05, 0) is 6.92 Å². The molecule has 0 amide bonds. The Morgan fingerprint density at radius 3 is 2.29 bits per heavy atom. The van der Waals surface area contributed by atoms with Gasteiger partial charge in [-0.2, -0.15) is 0 Å². The molecule has 0 spiro atoms. The Labute approximate surface area is 43.7 Å². The van der Waals surface area contributed by atoms with Crippen molar-refractivity contribution in [1.29, 1.82) is 0 Å². The zero-order chi connectivity index (χ0) is 5.86. The average Bonchev–Trinajstić information content (AvgIpc) is 1.65. The fourth-order valence-corrected chi connectivity index (χ4v) is 0.264. The molecule has 3 N–H and O–H groups in total. The summed E-state index contributed by atoms with van der Waals surface area (Å²) in [7, 11) is 0. The van der Waals surface area contributed by atoms with Crippen LogP contribution in [0, 0.1) is 0 Å². The molecule has 0 fully saturated rings. The Morgan fingerprint density at radius 2 is 2.29 bits per heavy atom. The van der Waals surface area contributed by atoms with E-state index in [0.717, 1.165) is 0 Å². The summed E-state index contributed by atoms with van der Waals surface area (Å²) in [6, 6.07) is 0. The van der Waals surface area contributed by atoms with Gasteiger partial charge in [0.15, 0.2) is 0 Å². The van der Waals surface area contributed by atoms with E-state index in [1.165, 1.54) is 5.01 Å². The Bertz CT molecular complexity index is 47.0. The van der Waals surface area contributed by atoms with Crippen LogP contribution in [0.15, 0.2) is 0 Å². The van der Waals surface area contributed by atoms with Crippen molar-refractivity contribution in [2.24, 2.45) is 5.84 Å². The number of aliphatic hydroxyl groups excluding tert-OH is 1. The predicted molar refractivity (Wildman–Crippen MR) is 28.2 cm³/mol. The lowest BCUT2D eigenvalue weighted by Gasteiger charge is -2.15. The van der Waals surface area contributed by atoms with E-state index in [0.29, 0.717) is 6.54 Å². The van der Waals surface area contributed by atoms with Crippen molar-refractivity contribution in [3.8, 4) is 0 Å². The number of nitrogens with zero attached hydrogens (tertiary/aromatic N) is 1. The van der Waals surface area contributed by atoms with Crippen LogP contribution in [0.1, 0.15) is 13.8 Å². The maximum atomic E-state index is 8.62. The van der Waals surface area contributed by atoms with Gasteiger partial charge in [0.05, 0.1) is 0 Å². The van der Waals surface area contributed by atoms with Gasteiger partial charge in [0.1, 0.15) is 6.23 Å². The van der Waals surface area contributed by atoms with Crippen molar-refractivity contribution in [2.45, 2.75) is 20.1 Å². The first kappa shape index (κ1) is 6.88. The molecule has 0 aliphatic heterocycles. The molecular weight excluding hydrogens is 92.1 g/mol. The van der Waals surface area contributed by atoms with E-state index in [9.17, 15) is 0 Å². The second kappa shape index (κ2) is 2.96. The summed E-state index contributed by atoms with van der Waals surface area (Å²) in [5, 5.41) is 9.97. The van der Waals surface area contributed by atoms with Crippen LogP contribution in [0.25, 0.3) is 0 Å². The number of hydrogen-bond donors (Lipinski definition) is 2. The highest BCUT2D eigenvalue weighted by Gasteiger charge is 1.98. The van der Waals surface area contributed by atoms with Gasteiger partial charge in [0, 0.05) is 6.54 Å². The first-order valence-electron chi connectivity index (χ1n) is 2.38. The summed E-state index contributed by atoms with van der Waals surface area (Å²) < 4.78 is 0. The van der Waals surface area contributed by atoms with Gasteiger partial charge in [0.25, 0.3) is 0 Å². The van der Waals surface area contributed by atoms with Crippen LogP contribution in [0.3, 0.4) is 0 Å². The lowest BCUT2D eigenvalue weighted by atomic mass is 10.6. The van der Waals surface area contributed by atoms with Crippen molar-refractivity contribution in [2.75, 3.05) is 6.54 Å². The van der Waals surface area contributed by atoms with E-state index in [2.05, 4.69) is 0 Å². The van der Waals surface area contributed by atoms with Crippen LogP contribution < -0.4 is 5.84 Å². The van der Waals surface area contributed by atoms with Crippen LogP contribution in [0.2, 0.25) is 0 Å². The first-order chi connectivity index (χ1) is 3.18. The standard InChI is InChI=1S/C4H12N2O/c1-3-6(5)4(2)7/h4,7H,3,5H2,1-2H3. The highest BCUT2D eigenvalue weighted by molar-refractivity contribution is 4.39. The smallest absolute Gasteiger partial charge is 0.116 e. The quantitative estimate of drug-likeness (QED) is 0.282. The van der Waals surface area contributed by atoms with Crippen LogP contribution in [-0.2, 0) is 0 Å². The summed E-state index contributed by atoms with van der Waals surface area (Å²) in [4.78, 5) is 0. The molecule has 0 aliphatic carbocycles. The minimum atomic E-state index is -0.523. The number of nitrogens with two attached hydrogens (primary N) is 1. The zero-order valence-corrected chi connectivity index (χ0v) is 4.76. The molecular formula is C4H12N2O. The second-order valence-corrected chi connectivity index (χ2v) is 1.46. The molecule has 0 aliphatic rings. The molecule has 0 rings (SSSR count). The minimum absolute atomic E-state index is 0.523. The van der Waals surface area contributed by atoms with Crippen LogP contribution in [0.5, 0.6) is 0 Å². The monoisotopic (exact) mass is 104 g/mol. The first-order valence-corrected chi connectivity index (χ1v) is 2.38. The Balaban J connectivity index is 3.14. The lowest BCUT2D eigenvalue weighted by Crippen LogP contribution is -2.38. The molecule has 0 aromatic rings. The van der Waals surface area contributed by atoms with Crippen LogP contribution in [0.4, 0.5) is 0 Å². The van der Waals surface area contributed by atoms with Crippen molar-refractivity contribution in [3.05, 3.63) is 0 Å². The molecule has 0 saturated carbocycles. The van der Waals surface area contributed by atoms with Crippen molar-refractivity contribution in [1.82, 2.24) is 5.01 Å². The zero-order valence-electron chi connectivity index (χ0n) is 4.76. The summed E-state index contributed by atoms with van der Waals surface area (Å²) >= 11 is 0. The fraction of sp³-hybridized carbons (Fsp3) is 1.00. The third-order valence-corrected chi connectivity index (χ3v) is 0.845. The minimum Gasteiger partial charge on any atom is -0.377 e. The van der Waals surface area contributed by atoms with E-state index in [1.807, 2.05) is 6.92 Å². The molecule has 1 atom stereocenters. The van der Waals surface area contributed by atoms with Gasteiger partial charge in [0.2, 0.25) is 0 Å². The maximum Gasteiger partial charge on any atom is 0.116 e. The molecule has 0 heterocycles. The highest BCUT2D eigenvalue weighted by Crippen LogP contribution is 1.81. The van der Waals surface area contributed by atoms with E-state index in [-0.39, 0.29) is 0 Å². The van der Waals surface area contributed by atoms with Gasteiger partial charge in [-0.1, -0.05) is 6.92 Å².